The molecule has 8 nitrogen and oxygen atoms in total. The Bertz CT molecular complexity index is 488. The van der Waals surface area contributed by atoms with E-state index in [0.717, 1.165) is 0 Å². The van der Waals surface area contributed by atoms with Gasteiger partial charge in [0, 0.05) is 0 Å². The van der Waals surface area contributed by atoms with Crippen LogP contribution in [0.4, 0.5) is 4.79 Å². The second kappa shape index (κ2) is 7.10. The molecule has 0 saturated heterocycles. The number of carboxylic acid groups (broad SMARTS) is 2. The quantitative estimate of drug-likeness (QED) is 0.568. The molecule has 0 bridgehead atoms. The van der Waals surface area contributed by atoms with Crippen LogP contribution in [0.2, 0.25) is 0 Å². The molecule has 8 heteroatoms. The molecule has 20 heavy (non-hydrogen) atoms. The monoisotopic (exact) mass is 283 g/mol. The number of hydrogen-bond donors (Lipinski definition) is 4. The lowest BCUT2D eigenvalue weighted by atomic mass is 10.1. The van der Waals surface area contributed by atoms with E-state index in [0.29, 0.717) is 5.56 Å². The fourth-order valence-corrected chi connectivity index (χ4v) is 1.31. The SMILES string of the molecule is O=C(N[C@H](C(=O)O)[C@@H](O)C(=O)O)OCc1ccccc1. The van der Waals surface area contributed by atoms with Gasteiger partial charge in [0.15, 0.2) is 12.1 Å². The van der Waals surface area contributed by atoms with Gasteiger partial charge in [0.2, 0.25) is 0 Å². The van der Waals surface area contributed by atoms with Crippen LogP contribution in [0.15, 0.2) is 30.3 Å². The van der Waals surface area contributed by atoms with Crippen LogP contribution in [0.25, 0.3) is 0 Å². The van der Waals surface area contributed by atoms with Crippen molar-refractivity contribution in [3.63, 3.8) is 0 Å². The Labute approximate surface area is 113 Å². The summed E-state index contributed by atoms with van der Waals surface area (Å²) in [6, 6.07) is 6.61. The fraction of sp³-hybridized carbons (Fsp3) is 0.250. The number of ether oxygens (including phenoxy) is 1. The zero-order chi connectivity index (χ0) is 15.1. The van der Waals surface area contributed by atoms with Gasteiger partial charge >= 0.3 is 18.0 Å². The summed E-state index contributed by atoms with van der Waals surface area (Å²) in [6.45, 7) is -0.109. The molecule has 4 N–H and O–H groups in total. The topological polar surface area (TPSA) is 133 Å². The minimum absolute atomic E-state index is 0.109. The van der Waals surface area contributed by atoms with Gasteiger partial charge in [0.05, 0.1) is 0 Å². The standard InChI is InChI=1S/C12H13NO7/c14-9(11(17)18)8(10(15)16)13-12(19)20-6-7-4-2-1-3-5-7/h1-5,8-9,14H,6H2,(H,13,19)(H,15,16)(H,17,18)/t8-,9+/m0/s1. The zero-order valence-electron chi connectivity index (χ0n) is 10.2. The van der Waals surface area contributed by atoms with Crippen molar-refractivity contribution in [2.24, 2.45) is 0 Å². The first-order valence-corrected chi connectivity index (χ1v) is 5.52. The van der Waals surface area contributed by atoms with E-state index in [1.54, 1.807) is 35.6 Å². The Morgan fingerprint density at radius 1 is 1.10 bits per heavy atom. The number of carbonyl (C=O) groups is 3. The van der Waals surface area contributed by atoms with Gasteiger partial charge in [-0.05, 0) is 5.56 Å². The lowest BCUT2D eigenvalue weighted by molar-refractivity contribution is -0.155. The van der Waals surface area contributed by atoms with Crippen LogP contribution >= 0.6 is 0 Å². The van der Waals surface area contributed by atoms with E-state index in [1.165, 1.54) is 0 Å². The maximum Gasteiger partial charge on any atom is 0.408 e. The maximum atomic E-state index is 11.4. The predicted octanol–water partition coefficient (Wildman–Crippen LogP) is -0.189. The van der Waals surface area contributed by atoms with Gasteiger partial charge in [0.1, 0.15) is 6.61 Å². The van der Waals surface area contributed by atoms with E-state index in [1.807, 2.05) is 0 Å². The molecule has 0 fully saturated rings. The second-order valence-electron chi connectivity index (χ2n) is 3.81. The third-order valence-corrected chi connectivity index (χ3v) is 2.32. The van der Waals surface area contributed by atoms with Crippen LogP contribution in [0.1, 0.15) is 5.56 Å². The van der Waals surface area contributed by atoms with Gasteiger partial charge in [0.25, 0.3) is 0 Å². The molecule has 1 aromatic carbocycles. The Morgan fingerprint density at radius 2 is 1.70 bits per heavy atom. The van der Waals surface area contributed by atoms with Crippen molar-refractivity contribution in [3.05, 3.63) is 35.9 Å². The molecule has 0 saturated carbocycles. The van der Waals surface area contributed by atoms with Crippen molar-refractivity contribution in [2.75, 3.05) is 0 Å². The highest BCUT2D eigenvalue weighted by Gasteiger charge is 2.33. The molecule has 1 amide bonds. The summed E-state index contributed by atoms with van der Waals surface area (Å²) in [7, 11) is 0. The number of carbonyl (C=O) groups excluding carboxylic acids is 1. The molecule has 0 heterocycles. The lowest BCUT2D eigenvalue weighted by Gasteiger charge is -2.17. The number of aliphatic carboxylic acids is 2. The molecular formula is C12H13NO7. The summed E-state index contributed by atoms with van der Waals surface area (Å²) in [5.41, 5.74) is 0.674. The number of benzene rings is 1. The van der Waals surface area contributed by atoms with Gasteiger partial charge in [-0.25, -0.2) is 14.4 Å². The van der Waals surface area contributed by atoms with Crippen LogP contribution in [-0.4, -0.2) is 45.5 Å². The number of hydrogen-bond acceptors (Lipinski definition) is 5. The third kappa shape index (κ3) is 4.58. The summed E-state index contributed by atoms with van der Waals surface area (Å²) >= 11 is 0. The molecule has 1 rings (SSSR count). The van der Waals surface area contributed by atoms with Crippen molar-refractivity contribution in [3.8, 4) is 0 Å². The van der Waals surface area contributed by atoms with Crippen LogP contribution in [0, 0.1) is 0 Å². The van der Waals surface area contributed by atoms with Crippen molar-refractivity contribution < 1.29 is 34.4 Å². The molecule has 0 radical (unpaired) electrons. The maximum absolute atomic E-state index is 11.4. The van der Waals surface area contributed by atoms with Gasteiger partial charge in [-0.1, -0.05) is 30.3 Å². The molecule has 0 aliphatic carbocycles. The first-order valence-electron chi connectivity index (χ1n) is 5.52. The van der Waals surface area contributed by atoms with Crippen molar-refractivity contribution in [1.29, 1.82) is 0 Å². The summed E-state index contributed by atoms with van der Waals surface area (Å²) in [4.78, 5) is 32.6. The first-order chi connectivity index (χ1) is 9.41. The van der Waals surface area contributed by atoms with Crippen LogP contribution < -0.4 is 5.32 Å². The van der Waals surface area contributed by atoms with Gasteiger partial charge < -0.3 is 25.4 Å². The number of alkyl carbamates (subject to hydrolysis) is 1. The normalized spacial score (nSPS) is 13.1. The largest absolute Gasteiger partial charge is 0.480 e. The second-order valence-corrected chi connectivity index (χ2v) is 3.81. The molecule has 0 spiro atoms. The van der Waals surface area contributed by atoms with Gasteiger partial charge in [-0.15, -0.1) is 0 Å². The molecule has 2 atom stereocenters. The van der Waals surface area contributed by atoms with E-state index in [9.17, 15) is 14.4 Å². The summed E-state index contributed by atoms with van der Waals surface area (Å²) in [5.74, 6) is -3.45. The third-order valence-electron chi connectivity index (χ3n) is 2.32. The van der Waals surface area contributed by atoms with Gasteiger partial charge in [-0.3, -0.25) is 0 Å². The average molecular weight is 283 g/mol. The fourth-order valence-electron chi connectivity index (χ4n) is 1.31. The first kappa shape index (κ1) is 15.4. The van der Waals surface area contributed by atoms with Crippen LogP contribution in [0.5, 0.6) is 0 Å². The average Bonchev–Trinajstić information content (AvgIpc) is 2.42. The number of aliphatic hydroxyl groups excluding tert-OH is 1. The Morgan fingerprint density at radius 3 is 2.20 bits per heavy atom. The summed E-state index contributed by atoms with van der Waals surface area (Å²) in [5, 5.41) is 28.2. The number of carboxylic acids is 2. The molecule has 0 aromatic heterocycles. The molecule has 0 aliphatic heterocycles. The van der Waals surface area contributed by atoms with Crippen molar-refractivity contribution in [2.45, 2.75) is 18.8 Å². The highest BCUT2D eigenvalue weighted by molar-refractivity contribution is 5.87. The summed E-state index contributed by atoms with van der Waals surface area (Å²) in [6.07, 6.45) is -3.40. The smallest absolute Gasteiger partial charge is 0.408 e. The Hall–Kier alpha value is -2.61. The highest BCUT2D eigenvalue weighted by Crippen LogP contribution is 2.02. The van der Waals surface area contributed by atoms with E-state index in [-0.39, 0.29) is 6.61 Å². The number of rotatable bonds is 6. The van der Waals surface area contributed by atoms with Crippen molar-refractivity contribution in [1.82, 2.24) is 5.32 Å². The van der Waals surface area contributed by atoms with Crippen molar-refractivity contribution >= 4 is 18.0 Å². The minimum atomic E-state index is -2.27. The van der Waals surface area contributed by atoms with Crippen LogP contribution in [-0.2, 0) is 20.9 Å². The Balaban J connectivity index is 2.54. The zero-order valence-corrected chi connectivity index (χ0v) is 10.2. The van der Waals surface area contributed by atoms with E-state index in [2.05, 4.69) is 0 Å². The Kier molecular flexibility index (Phi) is 5.48. The number of nitrogens with one attached hydrogen (secondary N) is 1. The molecular weight excluding hydrogens is 270 g/mol. The minimum Gasteiger partial charge on any atom is -0.480 e. The molecule has 0 unspecified atom stereocenters. The summed E-state index contributed by atoms with van der Waals surface area (Å²) < 4.78 is 4.72. The highest BCUT2D eigenvalue weighted by atomic mass is 16.5. The van der Waals surface area contributed by atoms with Crippen LogP contribution in [0.3, 0.4) is 0 Å². The lowest BCUT2D eigenvalue weighted by Crippen LogP contribution is -2.51. The molecule has 108 valence electrons. The van der Waals surface area contributed by atoms with Gasteiger partial charge in [-0.2, -0.15) is 0 Å². The number of amides is 1. The van der Waals surface area contributed by atoms with E-state index in [4.69, 9.17) is 20.1 Å². The van der Waals surface area contributed by atoms with E-state index >= 15 is 0 Å². The molecule has 1 aromatic rings. The number of aliphatic hydroxyl groups is 1. The predicted molar refractivity (Wildman–Crippen MR) is 64.8 cm³/mol. The van der Waals surface area contributed by atoms with E-state index < -0.39 is 30.2 Å². The molecule has 0 aliphatic rings.